The molecule has 0 fully saturated rings. The third-order valence-corrected chi connectivity index (χ3v) is 2.55. The van der Waals surface area contributed by atoms with Crippen molar-refractivity contribution >= 4 is 23.5 Å². The van der Waals surface area contributed by atoms with Crippen LogP contribution in [0, 0.1) is 0 Å². The molecular weight excluding hydrogens is 214 g/mol. The van der Waals surface area contributed by atoms with Crippen molar-refractivity contribution in [3.05, 3.63) is 12.4 Å². The smallest absolute Gasteiger partial charge is 0.316 e. The number of anilines is 1. The van der Waals surface area contributed by atoms with E-state index in [0.29, 0.717) is 0 Å². The Labute approximate surface area is 92.9 Å². The minimum atomic E-state index is -0.259. The van der Waals surface area contributed by atoms with Gasteiger partial charge in [-0.3, -0.25) is 4.79 Å². The molecule has 0 atom stereocenters. The predicted molar refractivity (Wildman–Crippen MR) is 59.1 cm³/mol. The molecule has 0 saturated heterocycles. The van der Waals surface area contributed by atoms with Gasteiger partial charge >= 0.3 is 5.97 Å². The number of hydrogen-bond acceptors (Lipinski definition) is 6. The average Bonchev–Trinajstić information content (AvgIpc) is 2.26. The van der Waals surface area contributed by atoms with Crippen LogP contribution in [0.4, 0.5) is 5.82 Å². The molecule has 0 spiro atoms. The molecule has 0 aliphatic carbocycles. The maximum absolute atomic E-state index is 10.9. The minimum absolute atomic E-state index is 0.259. The van der Waals surface area contributed by atoms with Gasteiger partial charge in [0.05, 0.1) is 12.9 Å². The lowest BCUT2D eigenvalue weighted by molar-refractivity contribution is -0.137. The van der Waals surface area contributed by atoms with Gasteiger partial charge in [0.2, 0.25) is 0 Å². The van der Waals surface area contributed by atoms with Crippen LogP contribution in [-0.4, -0.2) is 42.9 Å². The molecule has 0 N–H and O–H groups in total. The molecule has 0 saturated carbocycles. The second-order valence-electron chi connectivity index (χ2n) is 2.97. The van der Waals surface area contributed by atoms with Crippen molar-refractivity contribution < 1.29 is 9.53 Å². The Balaban J connectivity index is 2.61. The van der Waals surface area contributed by atoms with Gasteiger partial charge in [-0.15, -0.1) is 0 Å². The molecule has 1 rings (SSSR count). The van der Waals surface area contributed by atoms with Crippen LogP contribution in [0.5, 0.6) is 0 Å². The van der Waals surface area contributed by atoms with E-state index in [-0.39, 0.29) is 11.7 Å². The zero-order chi connectivity index (χ0) is 11.3. The number of thioether (sulfide) groups is 1. The number of nitrogens with zero attached hydrogens (tertiary/aromatic N) is 3. The van der Waals surface area contributed by atoms with Gasteiger partial charge in [0, 0.05) is 20.2 Å². The zero-order valence-electron chi connectivity index (χ0n) is 8.93. The van der Waals surface area contributed by atoms with Crippen molar-refractivity contribution in [1.29, 1.82) is 0 Å². The van der Waals surface area contributed by atoms with Gasteiger partial charge in [0.15, 0.2) is 0 Å². The highest BCUT2D eigenvalue weighted by Gasteiger charge is 2.05. The molecular formula is C9H13N3O2S. The standard InChI is InChI=1S/C9H13N3O2S/c1-12(2)7-4-8(11-6-10-7)15-5-9(13)14-3/h4,6H,5H2,1-3H3. The van der Waals surface area contributed by atoms with Crippen molar-refractivity contribution in [2.75, 3.05) is 31.9 Å². The van der Waals surface area contributed by atoms with Gasteiger partial charge in [0.25, 0.3) is 0 Å². The Bertz CT molecular complexity index is 344. The van der Waals surface area contributed by atoms with Crippen molar-refractivity contribution in [3.63, 3.8) is 0 Å². The van der Waals surface area contributed by atoms with E-state index in [0.717, 1.165) is 10.8 Å². The van der Waals surface area contributed by atoms with Gasteiger partial charge in [-0.05, 0) is 0 Å². The first kappa shape index (κ1) is 11.8. The Morgan fingerprint density at radius 3 is 2.87 bits per heavy atom. The molecule has 15 heavy (non-hydrogen) atoms. The van der Waals surface area contributed by atoms with Crippen LogP contribution in [0.1, 0.15) is 0 Å². The molecule has 0 aliphatic heterocycles. The fourth-order valence-corrected chi connectivity index (χ4v) is 1.54. The molecule has 1 heterocycles. The Morgan fingerprint density at radius 1 is 1.53 bits per heavy atom. The molecule has 6 heteroatoms. The molecule has 0 amide bonds. The number of carbonyl (C=O) groups excluding carboxylic acids is 1. The van der Waals surface area contributed by atoms with Crippen molar-refractivity contribution in [3.8, 4) is 0 Å². The molecule has 0 aliphatic rings. The fraction of sp³-hybridized carbons (Fsp3) is 0.444. The summed E-state index contributed by atoms with van der Waals surface area (Å²) in [5, 5.41) is 0.763. The van der Waals surface area contributed by atoms with Crippen molar-refractivity contribution in [2.24, 2.45) is 0 Å². The monoisotopic (exact) mass is 227 g/mol. The summed E-state index contributed by atoms with van der Waals surface area (Å²) < 4.78 is 4.54. The van der Waals surface area contributed by atoms with E-state index in [2.05, 4.69) is 14.7 Å². The third-order valence-electron chi connectivity index (χ3n) is 1.65. The van der Waals surface area contributed by atoms with E-state index >= 15 is 0 Å². The first-order valence-electron chi connectivity index (χ1n) is 4.32. The van der Waals surface area contributed by atoms with Gasteiger partial charge in [0.1, 0.15) is 17.2 Å². The lowest BCUT2D eigenvalue weighted by atomic mass is 10.5. The number of esters is 1. The van der Waals surface area contributed by atoms with E-state index in [4.69, 9.17) is 0 Å². The van der Waals surface area contributed by atoms with Crippen LogP contribution >= 0.6 is 11.8 Å². The summed E-state index contributed by atoms with van der Waals surface area (Å²) in [7, 11) is 5.17. The molecule has 0 bridgehead atoms. The molecule has 0 radical (unpaired) electrons. The number of rotatable bonds is 4. The van der Waals surface area contributed by atoms with E-state index in [9.17, 15) is 4.79 Å². The molecule has 1 aromatic rings. The maximum atomic E-state index is 10.9. The van der Waals surface area contributed by atoms with Crippen LogP contribution in [0.25, 0.3) is 0 Å². The van der Waals surface area contributed by atoms with E-state index in [1.54, 1.807) is 0 Å². The van der Waals surface area contributed by atoms with Crippen LogP contribution in [0.2, 0.25) is 0 Å². The highest BCUT2D eigenvalue weighted by molar-refractivity contribution is 7.99. The summed E-state index contributed by atoms with van der Waals surface area (Å²) in [4.78, 5) is 20.9. The molecule has 0 unspecified atom stereocenters. The summed E-state index contributed by atoms with van der Waals surface area (Å²) in [6.45, 7) is 0. The first-order chi connectivity index (χ1) is 7.13. The maximum Gasteiger partial charge on any atom is 0.316 e. The topological polar surface area (TPSA) is 55.3 Å². The normalized spacial score (nSPS) is 9.80. The highest BCUT2D eigenvalue weighted by Crippen LogP contribution is 2.18. The second-order valence-corrected chi connectivity index (χ2v) is 3.97. The summed E-state index contributed by atoms with van der Waals surface area (Å²) in [6.07, 6.45) is 1.48. The summed E-state index contributed by atoms with van der Waals surface area (Å²) in [5.41, 5.74) is 0. The zero-order valence-corrected chi connectivity index (χ0v) is 9.74. The fourth-order valence-electron chi connectivity index (χ4n) is 0.845. The minimum Gasteiger partial charge on any atom is -0.468 e. The second kappa shape index (κ2) is 5.55. The highest BCUT2D eigenvalue weighted by atomic mass is 32.2. The number of hydrogen-bond donors (Lipinski definition) is 0. The summed E-state index contributed by atoms with van der Waals surface area (Å²) in [5.74, 6) is 0.822. The van der Waals surface area contributed by atoms with Gasteiger partial charge in [-0.25, -0.2) is 9.97 Å². The number of aromatic nitrogens is 2. The van der Waals surface area contributed by atoms with Crippen LogP contribution < -0.4 is 4.90 Å². The lowest BCUT2D eigenvalue weighted by Crippen LogP contribution is -2.11. The Kier molecular flexibility index (Phi) is 4.36. The Hall–Kier alpha value is -1.30. The quantitative estimate of drug-likeness (QED) is 0.431. The molecule has 82 valence electrons. The SMILES string of the molecule is COC(=O)CSc1cc(N(C)C)ncn1. The van der Waals surface area contributed by atoms with Crippen LogP contribution in [0.3, 0.4) is 0 Å². The molecule has 0 aromatic carbocycles. The molecule has 5 nitrogen and oxygen atoms in total. The van der Waals surface area contributed by atoms with E-state index < -0.39 is 0 Å². The lowest BCUT2D eigenvalue weighted by Gasteiger charge is -2.10. The predicted octanol–water partition coefficient (Wildman–Crippen LogP) is 0.808. The third kappa shape index (κ3) is 3.75. The number of carbonyl (C=O) groups is 1. The van der Waals surface area contributed by atoms with Gasteiger partial charge in [-0.1, -0.05) is 11.8 Å². The number of ether oxygens (including phenoxy) is 1. The van der Waals surface area contributed by atoms with Crippen LogP contribution in [-0.2, 0) is 9.53 Å². The van der Waals surface area contributed by atoms with E-state index in [1.165, 1.54) is 25.2 Å². The first-order valence-corrected chi connectivity index (χ1v) is 5.31. The van der Waals surface area contributed by atoms with E-state index in [1.807, 2.05) is 25.1 Å². The number of methoxy groups -OCH3 is 1. The van der Waals surface area contributed by atoms with Gasteiger partial charge in [-0.2, -0.15) is 0 Å². The average molecular weight is 227 g/mol. The summed E-state index contributed by atoms with van der Waals surface area (Å²) in [6, 6.07) is 1.83. The summed E-state index contributed by atoms with van der Waals surface area (Å²) >= 11 is 1.33. The van der Waals surface area contributed by atoms with Gasteiger partial charge < -0.3 is 9.64 Å². The Morgan fingerprint density at radius 2 is 2.27 bits per heavy atom. The van der Waals surface area contributed by atoms with Crippen molar-refractivity contribution in [1.82, 2.24) is 9.97 Å². The van der Waals surface area contributed by atoms with Crippen LogP contribution in [0.15, 0.2) is 17.4 Å². The molecule has 1 aromatic heterocycles. The largest absolute Gasteiger partial charge is 0.468 e. The van der Waals surface area contributed by atoms with Crippen molar-refractivity contribution in [2.45, 2.75) is 5.03 Å².